The Morgan fingerprint density at radius 2 is 2.00 bits per heavy atom. The van der Waals surface area contributed by atoms with E-state index in [0.29, 0.717) is 31.6 Å². The Bertz CT molecular complexity index is 554. The fraction of sp³-hybridized carbons (Fsp3) is 0.500. The maximum Gasteiger partial charge on any atom is 0.244 e. The monoisotopic (exact) mass is 304 g/mol. The lowest BCUT2D eigenvalue weighted by Gasteiger charge is -2.30. The van der Waals surface area contributed by atoms with Gasteiger partial charge in [0.15, 0.2) is 0 Å². The summed E-state index contributed by atoms with van der Waals surface area (Å²) in [6.07, 6.45) is 1.34. The van der Waals surface area contributed by atoms with E-state index in [9.17, 15) is 8.42 Å². The Labute approximate surface area is 118 Å². The first kappa shape index (κ1) is 14.6. The van der Waals surface area contributed by atoms with Crippen LogP contribution in [0.5, 0.6) is 0 Å². The summed E-state index contributed by atoms with van der Waals surface area (Å²) in [5, 5.41) is 9.21. The summed E-state index contributed by atoms with van der Waals surface area (Å²) in [5.41, 5.74) is 6.00. The summed E-state index contributed by atoms with van der Waals surface area (Å²) < 4.78 is 26.3. The first-order valence-corrected chi connectivity index (χ1v) is 7.93. The lowest BCUT2D eigenvalue weighted by molar-refractivity contribution is 0.170. The van der Waals surface area contributed by atoms with Crippen LogP contribution in [-0.4, -0.2) is 37.5 Å². The number of benzene rings is 1. The molecule has 0 saturated carbocycles. The van der Waals surface area contributed by atoms with Crippen molar-refractivity contribution in [3.8, 4) is 0 Å². The molecule has 106 valence electrons. The average molecular weight is 305 g/mol. The second kappa shape index (κ2) is 5.66. The van der Waals surface area contributed by atoms with Gasteiger partial charge in [-0.3, -0.25) is 0 Å². The van der Waals surface area contributed by atoms with Crippen LogP contribution in [0.15, 0.2) is 23.1 Å². The van der Waals surface area contributed by atoms with Crippen LogP contribution in [0, 0.1) is 5.92 Å². The van der Waals surface area contributed by atoms with E-state index in [2.05, 4.69) is 0 Å². The van der Waals surface area contributed by atoms with Crippen molar-refractivity contribution < 1.29 is 13.5 Å². The van der Waals surface area contributed by atoms with Crippen molar-refractivity contribution in [2.24, 2.45) is 5.92 Å². The van der Waals surface area contributed by atoms with Crippen LogP contribution in [-0.2, 0) is 10.0 Å². The molecule has 1 aromatic rings. The molecule has 0 radical (unpaired) electrons. The quantitative estimate of drug-likeness (QED) is 0.825. The van der Waals surface area contributed by atoms with Crippen LogP contribution in [0.25, 0.3) is 0 Å². The van der Waals surface area contributed by atoms with Gasteiger partial charge in [-0.05, 0) is 37.0 Å². The molecule has 0 atom stereocenters. The molecular formula is C12H17ClN2O3S. The van der Waals surface area contributed by atoms with Crippen molar-refractivity contribution in [3.05, 3.63) is 23.2 Å². The van der Waals surface area contributed by atoms with Gasteiger partial charge in [0.1, 0.15) is 4.90 Å². The van der Waals surface area contributed by atoms with E-state index in [4.69, 9.17) is 22.4 Å². The molecule has 1 aliphatic rings. The first-order valence-electron chi connectivity index (χ1n) is 6.11. The zero-order chi connectivity index (χ0) is 14.0. The Kier molecular flexibility index (Phi) is 4.35. The van der Waals surface area contributed by atoms with Crippen molar-refractivity contribution in [2.75, 3.05) is 25.4 Å². The number of nitrogen functional groups attached to an aromatic ring is 1. The number of hydrogen-bond acceptors (Lipinski definition) is 4. The van der Waals surface area contributed by atoms with E-state index in [1.54, 1.807) is 0 Å². The lowest BCUT2D eigenvalue weighted by atomic mass is 10.00. The van der Waals surface area contributed by atoms with Crippen molar-refractivity contribution in [2.45, 2.75) is 17.7 Å². The normalized spacial score (nSPS) is 18.6. The molecule has 1 aromatic carbocycles. The first-order chi connectivity index (χ1) is 8.95. The Morgan fingerprint density at radius 1 is 1.37 bits per heavy atom. The minimum Gasteiger partial charge on any atom is -0.399 e. The molecule has 1 aliphatic heterocycles. The third kappa shape index (κ3) is 3.02. The fourth-order valence-corrected chi connectivity index (χ4v) is 4.19. The predicted octanol–water partition coefficient (Wildman–Crippen LogP) is 1.32. The maximum atomic E-state index is 12.5. The number of piperidine rings is 1. The van der Waals surface area contributed by atoms with Gasteiger partial charge in [0, 0.05) is 25.4 Å². The lowest BCUT2D eigenvalue weighted by Crippen LogP contribution is -2.39. The summed E-state index contributed by atoms with van der Waals surface area (Å²) in [6, 6.07) is 4.40. The van der Waals surface area contributed by atoms with Crippen molar-refractivity contribution in [1.29, 1.82) is 0 Å². The second-order valence-electron chi connectivity index (χ2n) is 4.72. The van der Waals surface area contributed by atoms with Crippen LogP contribution in [0.2, 0.25) is 5.02 Å². The van der Waals surface area contributed by atoms with Crippen molar-refractivity contribution in [1.82, 2.24) is 4.31 Å². The second-order valence-corrected chi connectivity index (χ2v) is 7.03. The molecule has 19 heavy (non-hydrogen) atoms. The van der Waals surface area contributed by atoms with Crippen LogP contribution >= 0.6 is 11.6 Å². The van der Waals surface area contributed by atoms with E-state index in [1.807, 2.05) is 0 Å². The molecular weight excluding hydrogens is 288 g/mol. The molecule has 5 nitrogen and oxygen atoms in total. The summed E-state index contributed by atoms with van der Waals surface area (Å²) in [5.74, 6) is 0.188. The topological polar surface area (TPSA) is 83.6 Å². The minimum absolute atomic E-state index is 0.0887. The number of aliphatic hydroxyl groups is 1. The highest BCUT2D eigenvalue weighted by Crippen LogP contribution is 2.29. The van der Waals surface area contributed by atoms with Gasteiger partial charge in [-0.2, -0.15) is 4.31 Å². The van der Waals surface area contributed by atoms with Crippen LogP contribution in [0.1, 0.15) is 12.8 Å². The summed E-state index contributed by atoms with van der Waals surface area (Å²) in [4.78, 5) is 0.0887. The number of nitrogens with two attached hydrogens (primary N) is 1. The third-order valence-corrected chi connectivity index (χ3v) is 5.79. The highest BCUT2D eigenvalue weighted by Gasteiger charge is 2.30. The summed E-state index contributed by atoms with van der Waals surface area (Å²) in [6.45, 7) is 0.930. The van der Waals surface area contributed by atoms with E-state index in [1.165, 1.54) is 22.5 Å². The molecule has 0 aromatic heterocycles. The van der Waals surface area contributed by atoms with E-state index >= 15 is 0 Å². The number of anilines is 1. The van der Waals surface area contributed by atoms with Gasteiger partial charge < -0.3 is 10.8 Å². The van der Waals surface area contributed by atoms with Crippen molar-refractivity contribution >= 4 is 27.3 Å². The average Bonchev–Trinajstić information content (AvgIpc) is 2.38. The number of nitrogens with zero attached hydrogens (tertiary/aromatic N) is 1. The van der Waals surface area contributed by atoms with E-state index < -0.39 is 10.0 Å². The van der Waals surface area contributed by atoms with E-state index in [0.717, 1.165) is 0 Å². The maximum absolute atomic E-state index is 12.5. The van der Waals surface area contributed by atoms with Crippen LogP contribution < -0.4 is 5.73 Å². The van der Waals surface area contributed by atoms with Gasteiger partial charge >= 0.3 is 0 Å². The highest BCUT2D eigenvalue weighted by atomic mass is 35.5. The molecule has 0 aliphatic carbocycles. The SMILES string of the molecule is Nc1ccc(S(=O)(=O)N2CCC(CO)CC2)c(Cl)c1. The molecule has 3 N–H and O–H groups in total. The standard InChI is InChI=1S/C12H17ClN2O3S/c13-11-7-10(14)1-2-12(11)19(17,18)15-5-3-9(8-16)4-6-15/h1-2,7,9,16H,3-6,8,14H2. The van der Waals surface area contributed by atoms with Gasteiger partial charge in [-0.15, -0.1) is 0 Å². The number of halogens is 1. The smallest absolute Gasteiger partial charge is 0.244 e. The van der Waals surface area contributed by atoms with Gasteiger partial charge in [-0.1, -0.05) is 11.6 Å². The largest absolute Gasteiger partial charge is 0.399 e. The molecule has 1 saturated heterocycles. The van der Waals surface area contributed by atoms with Gasteiger partial charge in [-0.25, -0.2) is 8.42 Å². The minimum atomic E-state index is -3.58. The molecule has 0 amide bonds. The number of rotatable bonds is 3. The van der Waals surface area contributed by atoms with Gasteiger partial charge in [0.2, 0.25) is 10.0 Å². The van der Waals surface area contributed by atoms with E-state index in [-0.39, 0.29) is 22.4 Å². The number of hydrogen-bond donors (Lipinski definition) is 2. The van der Waals surface area contributed by atoms with Crippen LogP contribution in [0.3, 0.4) is 0 Å². The zero-order valence-corrected chi connectivity index (χ0v) is 12.0. The molecule has 1 heterocycles. The molecule has 0 spiro atoms. The molecule has 2 rings (SSSR count). The Morgan fingerprint density at radius 3 is 2.53 bits per heavy atom. The summed E-state index contributed by atoms with van der Waals surface area (Å²) in [7, 11) is -3.58. The Balaban J connectivity index is 2.23. The predicted molar refractivity (Wildman–Crippen MR) is 74.4 cm³/mol. The highest BCUT2D eigenvalue weighted by molar-refractivity contribution is 7.89. The van der Waals surface area contributed by atoms with Gasteiger partial charge in [0.05, 0.1) is 5.02 Å². The molecule has 1 fully saturated rings. The fourth-order valence-electron chi connectivity index (χ4n) is 2.20. The number of aliphatic hydroxyl groups excluding tert-OH is 1. The van der Waals surface area contributed by atoms with Gasteiger partial charge in [0.25, 0.3) is 0 Å². The third-order valence-electron chi connectivity index (χ3n) is 3.41. The van der Waals surface area contributed by atoms with Crippen molar-refractivity contribution in [3.63, 3.8) is 0 Å². The summed E-state index contributed by atoms with van der Waals surface area (Å²) >= 11 is 5.96. The molecule has 7 heteroatoms. The van der Waals surface area contributed by atoms with Crippen LogP contribution in [0.4, 0.5) is 5.69 Å². The zero-order valence-electron chi connectivity index (χ0n) is 10.4. The number of sulfonamides is 1. The Hall–Kier alpha value is -0.820. The molecule has 0 bridgehead atoms. The molecule has 0 unspecified atom stereocenters.